The van der Waals surface area contributed by atoms with Crippen molar-refractivity contribution in [1.29, 1.82) is 0 Å². The van der Waals surface area contributed by atoms with Gasteiger partial charge in [-0.15, -0.1) is 10.2 Å². The molecule has 8 heteroatoms. The van der Waals surface area contributed by atoms with Crippen LogP contribution in [-0.4, -0.2) is 68.1 Å². The highest BCUT2D eigenvalue weighted by Crippen LogP contribution is 2.18. The van der Waals surface area contributed by atoms with Crippen molar-refractivity contribution in [2.75, 3.05) is 45.7 Å². The van der Waals surface area contributed by atoms with Gasteiger partial charge >= 0.3 is 6.03 Å². The minimum Gasteiger partial charge on any atom is -0.497 e. The van der Waals surface area contributed by atoms with Crippen LogP contribution in [-0.2, 0) is 6.42 Å². The predicted molar refractivity (Wildman–Crippen MR) is 112 cm³/mol. The van der Waals surface area contributed by atoms with E-state index in [9.17, 15) is 4.79 Å². The van der Waals surface area contributed by atoms with Gasteiger partial charge in [-0.1, -0.05) is 12.1 Å². The predicted octanol–water partition coefficient (Wildman–Crippen LogP) is 2.35. The molecule has 1 N–H and O–H groups in total. The second kappa shape index (κ2) is 9.95. The molecule has 29 heavy (non-hydrogen) atoms. The lowest BCUT2D eigenvalue weighted by molar-refractivity contribution is 0.0971. The smallest absolute Gasteiger partial charge is 0.317 e. The van der Waals surface area contributed by atoms with Crippen LogP contribution >= 0.6 is 0 Å². The van der Waals surface area contributed by atoms with E-state index in [1.54, 1.807) is 7.11 Å². The molecule has 0 radical (unpaired) electrons. The van der Waals surface area contributed by atoms with Crippen molar-refractivity contribution in [2.45, 2.75) is 25.4 Å². The van der Waals surface area contributed by atoms with E-state index in [1.165, 1.54) is 0 Å². The van der Waals surface area contributed by atoms with Crippen LogP contribution < -0.4 is 19.7 Å². The third-order valence-electron chi connectivity index (χ3n) is 4.89. The van der Waals surface area contributed by atoms with Gasteiger partial charge in [0.15, 0.2) is 5.82 Å². The van der Waals surface area contributed by atoms with Gasteiger partial charge in [0, 0.05) is 33.3 Å². The van der Waals surface area contributed by atoms with Gasteiger partial charge in [-0.05, 0) is 43.0 Å². The maximum atomic E-state index is 12.5. The van der Waals surface area contributed by atoms with E-state index in [1.807, 2.05) is 60.3 Å². The van der Waals surface area contributed by atoms with Crippen LogP contribution in [0.1, 0.15) is 18.4 Å². The highest BCUT2D eigenvalue weighted by molar-refractivity contribution is 5.74. The number of benzene rings is 1. The molecule has 1 aromatic heterocycles. The molecule has 1 aliphatic heterocycles. The van der Waals surface area contributed by atoms with Gasteiger partial charge in [-0.25, -0.2) is 4.79 Å². The summed E-state index contributed by atoms with van der Waals surface area (Å²) in [6, 6.07) is 11.5. The number of rotatable bonds is 7. The number of carbonyl (C=O) groups excluding carboxylic acids is 1. The van der Waals surface area contributed by atoms with E-state index in [4.69, 9.17) is 9.47 Å². The maximum absolute atomic E-state index is 12.5. The third-order valence-corrected chi connectivity index (χ3v) is 4.89. The second-order valence-electron chi connectivity index (χ2n) is 7.28. The Labute approximate surface area is 171 Å². The van der Waals surface area contributed by atoms with Crippen molar-refractivity contribution in [3.8, 4) is 11.6 Å². The molecule has 2 amide bonds. The van der Waals surface area contributed by atoms with Gasteiger partial charge in [0.2, 0.25) is 5.88 Å². The minimum atomic E-state index is -0.0735. The Bertz CT molecular complexity index is 780. The van der Waals surface area contributed by atoms with E-state index in [0.717, 1.165) is 42.9 Å². The lowest BCUT2D eigenvalue weighted by atomic mass is 10.1. The Hall–Kier alpha value is -3.03. The molecule has 156 valence electrons. The first-order valence-electron chi connectivity index (χ1n) is 9.88. The molecule has 1 unspecified atom stereocenters. The number of ether oxygens (including phenoxy) is 2. The summed E-state index contributed by atoms with van der Waals surface area (Å²) >= 11 is 0. The van der Waals surface area contributed by atoms with Crippen molar-refractivity contribution in [3.05, 3.63) is 42.0 Å². The number of amides is 2. The zero-order valence-corrected chi connectivity index (χ0v) is 17.3. The Morgan fingerprint density at radius 1 is 1.21 bits per heavy atom. The minimum absolute atomic E-state index is 0.0548. The second-order valence-corrected chi connectivity index (χ2v) is 7.28. The Balaban J connectivity index is 1.44. The molecule has 1 saturated heterocycles. The first-order chi connectivity index (χ1) is 14.0. The van der Waals surface area contributed by atoms with Gasteiger partial charge in [-0.2, -0.15) is 0 Å². The van der Waals surface area contributed by atoms with E-state index in [0.29, 0.717) is 19.0 Å². The molecular formula is C21H29N5O3. The van der Waals surface area contributed by atoms with Crippen LogP contribution in [0.4, 0.5) is 10.6 Å². The van der Waals surface area contributed by atoms with Crippen LogP contribution in [0.3, 0.4) is 0 Å². The van der Waals surface area contributed by atoms with Gasteiger partial charge in [0.25, 0.3) is 0 Å². The van der Waals surface area contributed by atoms with Crippen LogP contribution in [0.2, 0.25) is 0 Å². The monoisotopic (exact) mass is 399 g/mol. The summed E-state index contributed by atoms with van der Waals surface area (Å²) in [4.78, 5) is 16.2. The van der Waals surface area contributed by atoms with Gasteiger partial charge in [0.05, 0.1) is 13.7 Å². The van der Waals surface area contributed by atoms with E-state index in [-0.39, 0.29) is 12.1 Å². The topological polar surface area (TPSA) is 79.8 Å². The summed E-state index contributed by atoms with van der Waals surface area (Å²) in [5.41, 5.74) is 1.16. The number of piperidine rings is 1. The Morgan fingerprint density at radius 3 is 2.66 bits per heavy atom. The third kappa shape index (κ3) is 5.97. The average Bonchev–Trinajstić information content (AvgIpc) is 2.75. The standard InChI is InChI=1S/C21H29N5O3/c1-25(2)19-10-11-20(24-23-19)29-18-5-4-14-26(15-18)21(27)22-13-12-16-6-8-17(28-3)9-7-16/h6-11,18H,4-5,12-15H2,1-3H3,(H,22,27). The van der Waals surface area contributed by atoms with Crippen LogP contribution in [0, 0.1) is 0 Å². The molecule has 1 aromatic carbocycles. The van der Waals surface area contributed by atoms with Crippen molar-refractivity contribution < 1.29 is 14.3 Å². The quantitative estimate of drug-likeness (QED) is 0.770. The molecule has 0 aliphatic carbocycles. The van der Waals surface area contributed by atoms with Crippen molar-refractivity contribution in [3.63, 3.8) is 0 Å². The number of aromatic nitrogens is 2. The summed E-state index contributed by atoms with van der Waals surface area (Å²) in [6.45, 7) is 1.87. The van der Waals surface area contributed by atoms with Crippen molar-refractivity contribution in [1.82, 2.24) is 20.4 Å². The largest absolute Gasteiger partial charge is 0.497 e. The molecule has 3 rings (SSSR count). The maximum Gasteiger partial charge on any atom is 0.317 e. The van der Waals surface area contributed by atoms with Crippen LogP contribution in [0.15, 0.2) is 36.4 Å². The summed E-state index contributed by atoms with van der Waals surface area (Å²) < 4.78 is 11.1. The lowest BCUT2D eigenvalue weighted by Gasteiger charge is -2.32. The summed E-state index contributed by atoms with van der Waals surface area (Å²) in [5.74, 6) is 2.10. The molecule has 1 fully saturated rings. The molecule has 0 saturated carbocycles. The van der Waals surface area contributed by atoms with Crippen molar-refractivity contribution in [2.24, 2.45) is 0 Å². The average molecular weight is 399 g/mol. The normalized spacial score (nSPS) is 16.2. The molecule has 2 heterocycles. The molecular weight excluding hydrogens is 370 g/mol. The fraction of sp³-hybridized carbons (Fsp3) is 0.476. The summed E-state index contributed by atoms with van der Waals surface area (Å²) in [5, 5.41) is 11.2. The molecule has 2 aromatic rings. The van der Waals surface area contributed by atoms with Crippen LogP contribution in [0.25, 0.3) is 0 Å². The summed E-state index contributed by atoms with van der Waals surface area (Å²) in [6.07, 6.45) is 2.50. The number of hydrogen-bond acceptors (Lipinski definition) is 6. The van der Waals surface area contributed by atoms with E-state index in [2.05, 4.69) is 15.5 Å². The van der Waals surface area contributed by atoms with Gasteiger partial charge < -0.3 is 24.6 Å². The lowest BCUT2D eigenvalue weighted by Crippen LogP contribution is -2.49. The molecule has 0 bridgehead atoms. The number of anilines is 1. The number of urea groups is 1. The molecule has 0 spiro atoms. The molecule has 1 atom stereocenters. The SMILES string of the molecule is COc1ccc(CCNC(=O)N2CCCC(Oc3ccc(N(C)C)nn3)C2)cc1. The number of nitrogens with one attached hydrogen (secondary N) is 1. The zero-order valence-electron chi connectivity index (χ0n) is 17.3. The van der Waals surface area contributed by atoms with Crippen molar-refractivity contribution >= 4 is 11.8 Å². The zero-order chi connectivity index (χ0) is 20.6. The molecule has 8 nitrogen and oxygen atoms in total. The first-order valence-corrected chi connectivity index (χ1v) is 9.88. The number of nitrogens with zero attached hydrogens (tertiary/aromatic N) is 4. The highest BCUT2D eigenvalue weighted by Gasteiger charge is 2.25. The Kier molecular flexibility index (Phi) is 7.10. The number of methoxy groups -OCH3 is 1. The number of likely N-dealkylation sites (tertiary alicyclic amines) is 1. The van der Waals surface area contributed by atoms with Gasteiger partial charge in [-0.3, -0.25) is 0 Å². The number of hydrogen-bond donors (Lipinski definition) is 1. The first kappa shape index (κ1) is 20.7. The van der Waals surface area contributed by atoms with E-state index < -0.39 is 0 Å². The van der Waals surface area contributed by atoms with E-state index >= 15 is 0 Å². The number of carbonyl (C=O) groups is 1. The summed E-state index contributed by atoms with van der Waals surface area (Å²) in [7, 11) is 5.48. The van der Waals surface area contributed by atoms with Crippen LogP contribution in [0.5, 0.6) is 11.6 Å². The fourth-order valence-electron chi connectivity index (χ4n) is 3.22. The van der Waals surface area contributed by atoms with Gasteiger partial charge in [0.1, 0.15) is 11.9 Å². The molecule has 1 aliphatic rings. The highest BCUT2D eigenvalue weighted by atomic mass is 16.5. The Morgan fingerprint density at radius 2 is 2.00 bits per heavy atom. The fourth-order valence-corrected chi connectivity index (χ4v) is 3.22.